The van der Waals surface area contributed by atoms with Crippen LogP contribution in [0, 0.1) is 17.5 Å². The molecule has 0 spiro atoms. The van der Waals surface area contributed by atoms with Gasteiger partial charge in [-0.15, -0.1) is 0 Å². The number of aromatic nitrogens is 1. The number of halogens is 4. The maximum absolute atomic E-state index is 13.5. The van der Waals surface area contributed by atoms with Crippen LogP contribution in [0.25, 0.3) is 10.9 Å². The molecule has 3 rings (SSSR count). The van der Waals surface area contributed by atoms with Crippen LogP contribution in [0.15, 0.2) is 36.5 Å². The molecule has 1 aromatic heterocycles. The first-order valence-corrected chi connectivity index (χ1v) is 7.91. The van der Waals surface area contributed by atoms with E-state index < -0.39 is 29.0 Å². The second kappa shape index (κ2) is 7.19. The van der Waals surface area contributed by atoms with Gasteiger partial charge in [0.1, 0.15) is 0 Å². The molecule has 130 valence electrons. The summed E-state index contributed by atoms with van der Waals surface area (Å²) < 4.78 is 44.5. The topological polar surface area (TPSA) is 42.1 Å². The van der Waals surface area contributed by atoms with E-state index in [1.54, 1.807) is 6.07 Å². The van der Waals surface area contributed by atoms with E-state index in [9.17, 15) is 18.0 Å². The molecule has 0 aliphatic carbocycles. The minimum atomic E-state index is -1.69. The molecule has 0 aliphatic rings. The summed E-state index contributed by atoms with van der Waals surface area (Å²) in [7, 11) is 0. The Kier molecular flexibility index (Phi) is 4.99. The molecule has 0 radical (unpaired) electrons. The maximum Gasteiger partial charge on any atom is 0.341 e. The van der Waals surface area contributed by atoms with Crippen LogP contribution in [0.2, 0.25) is 5.02 Å². The number of aryl methyl sites for hydroxylation is 1. The van der Waals surface area contributed by atoms with Gasteiger partial charge in [-0.25, -0.2) is 18.0 Å². The van der Waals surface area contributed by atoms with E-state index in [0.29, 0.717) is 23.9 Å². The Hall–Kier alpha value is -2.47. The lowest BCUT2D eigenvalue weighted by Gasteiger charge is -2.06. The molecule has 0 fully saturated rings. The van der Waals surface area contributed by atoms with E-state index in [2.05, 4.69) is 4.98 Å². The lowest BCUT2D eigenvalue weighted by molar-refractivity contribution is 0.0494. The van der Waals surface area contributed by atoms with Crippen LogP contribution in [0.5, 0.6) is 0 Å². The number of ether oxygens (including phenoxy) is 1. The lowest BCUT2D eigenvalue weighted by atomic mass is 10.1. The Labute approximate surface area is 146 Å². The predicted molar refractivity (Wildman–Crippen MR) is 88.2 cm³/mol. The van der Waals surface area contributed by atoms with E-state index in [4.69, 9.17) is 16.3 Å². The molecule has 3 aromatic rings. The van der Waals surface area contributed by atoms with E-state index in [1.165, 1.54) is 0 Å². The van der Waals surface area contributed by atoms with Gasteiger partial charge in [-0.05, 0) is 48.7 Å². The third kappa shape index (κ3) is 3.64. The van der Waals surface area contributed by atoms with Gasteiger partial charge < -0.3 is 9.72 Å². The second-order valence-corrected chi connectivity index (χ2v) is 5.90. The van der Waals surface area contributed by atoms with Gasteiger partial charge in [-0.3, -0.25) is 0 Å². The number of aromatic amines is 1. The minimum Gasteiger partial charge on any atom is -0.462 e. The van der Waals surface area contributed by atoms with Crippen molar-refractivity contribution in [2.24, 2.45) is 0 Å². The molecular weight excluding hydrogens is 355 g/mol. The van der Waals surface area contributed by atoms with Gasteiger partial charge in [0.05, 0.1) is 12.2 Å². The first-order chi connectivity index (χ1) is 12.0. The van der Waals surface area contributed by atoms with Crippen LogP contribution >= 0.6 is 11.6 Å². The van der Waals surface area contributed by atoms with Crippen molar-refractivity contribution in [3.05, 3.63) is 70.1 Å². The standard InChI is InChI=1S/C18H13ClF3NO2/c19-11-3-6-15-13(8-11)10(9-23-15)2-1-7-25-18(24)12-4-5-14(20)17(22)16(12)21/h3-6,8-9,23H,1-2,7H2. The fraction of sp³-hybridized carbons (Fsp3) is 0.167. The van der Waals surface area contributed by atoms with E-state index in [1.807, 2.05) is 18.3 Å². The molecule has 1 N–H and O–H groups in total. The fourth-order valence-electron chi connectivity index (χ4n) is 2.55. The van der Waals surface area contributed by atoms with E-state index in [0.717, 1.165) is 22.5 Å². The van der Waals surface area contributed by atoms with Crippen molar-refractivity contribution in [1.82, 2.24) is 4.98 Å². The molecule has 0 bridgehead atoms. The van der Waals surface area contributed by atoms with Gasteiger partial charge in [0.2, 0.25) is 0 Å². The highest BCUT2D eigenvalue weighted by Gasteiger charge is 2.19. The van der Waals surface area contributed by atoms with Crippen molar-refractivity contribution < 1.29 is 22.7 Å². The predicted octanol–water partition coefficient (Wildman–Crippen LogP) is 5.03. The number of carbonyl (C=O) groups excluding carboxylic acids is 1. The van der Waals surface area contributed by atoms with Crippen LogP contribution in [0.4, 0.5) is 13.2 Å². The monoisotopic (exact) mass is 367 g/mol. The summed E-state index contributed by atoms with van der Waals surface area (Å²) in [5.41, 5.74) is 1.32. The number of hydrogen-bond donors (Lipinski definition) is 1. The molecule has 0 atom stereocenters. The maximum atomic E-state index is 13.5. The SMILES string of the molecule is O=C(OCCCc1c[nH]c2ccc(Cl)cc12)c1ccc(F)c(F)c1F. The van der Waals surface area contributed by atoms with Crippen molar-refractivity contribution in [3.8, 4) is 0 Å². The van der Waals surface area contributed by atoms with Gasteiger partial charge >= 0.3 is 5.97 Å². The Balaban J connectivity index is 1.59. The zero-order chi connectivity index (χ0) is 18.0. The molecule has 0 amide bonds. The molecule has 1 heterocycles. The number of esters is 1. The Morgan fingerprint density at radius 1 is 1.12 bits per heavy atom. The number of nitrogens with one attached hydrogen (secondary N) is 1. The van der Waals surface area contributed by atoms with Gasteiger partial charge in [0, 0.05) is 22.1 Å². The molecule has 7 heteroatoms. The van der Waals surface area contributed by atoms with Gasteiger partial charge in [0.15, 0.2) is 17.5 Å². The summed E-state index contributed by atoms with van der Waals surface area (Å²) in [5, 5.41) is 1.60. The van der Waals surface area contributed by atoms with Crippen molar-refractivity contribution in [2.75, 3.05) is 6.61 Å². The zero-order valence-corrected chi connectivity index (χ0v) is 13.7. The summed E-state index contributed by atoms with van der Waals surface area (Å²) >= 11 is 5.98. The Morgan fingerprint density at radius 3 is 2.72 bits per heavy atom. The van der Waals surface area contributed by atoms with Crippen molar-refractivity contribution >= 4 is 28.5 Å². The molecule has 25 heavy (non-hydrogen) atoms. The Bertz CT molecular complexity index is 939. The zero-order valence-electron chi connectivity index (χ0n) is 12.9. The third-order valence-electron chi connectivity index (χ3n) is 3.81. The number of rotatable bonds is 5. The summed E-state index contributed by atoms with van der Waals surface area (Å²) in [6.07, 6.45) is 2.93. The van der Waals surface area contributed by atoms with Crippen LogP contribution in [0.1, 0.15) is 22.3 Å². The molecule has 0 unspecified atom stereocenters. The van der Waals surface area contributed by atoms with Crippen LogP contribution in [-0.4, -0.2) is 17.6 Å². The van der Waals surface area contributed by atoms with Crippen LogP contribution in [0.3, 0.4) is 0 Å². The number of fused-ring (bicyclic) bond motifs is 1. The van der Waals surface area contributed by atoms with E-state index >= 15 is 0 Å². The highest BCUT2D eigenvalue weighted by Crippen LogP contribution is 2.23. The highest BCUT2D eigenvalue weighted by molar-refractivity contribution is 6.31. The first-order valence-electron chi connectivity index (χ1n) is 7.53. The van der Waals surface area contributed by atoms with Gasteiger partial charge in [-0.1, -0.05) is 11.6 Å². The quantitative estimate of drug-likeness (QED) is 0.390. The molecule has 0 aliphatic heterocycles. The van der Waals surface area contributed by atoms with Crippen molar-refractivity contribution in [3.63, 3.8) is 0 Å². The molecule has 0 saturated carbocycles. The van der Waals surface area contributed by atoms with Crippen molar-refractivity contribution in [2.45, 2.75) is 12.8 Å². The number of benzene rings is 2. The van der Waals surface area contributed by atoms with Gasteiger partial charge in [-0.2, -0.15) is 0 Å². The number of hydrogen-bond acceptors (Lipinski definition) is 2. The summed E-state index contributed by atoms with van der Waals surface area (Å²) in [6.45, 7) is 0.0184. The molecular formula is C18H13ClF3NO2. The van der Waals surface area contributed by atoms with Crippen molar-refractivity contribution in [1.29, 1.82) is 0 Å². The fourth-order valence-corrected chi connectivity index (χ4v) is 2.72. The normalized spacial score (nSPS) is 11.0. The molecule has 3 nitrogen and oxygen atoms in total. The number of carbonyl (C=O) groups is 1. The highest BCUT2D eigenvalue weighted by atomic mass is 35.5. The largest absolute Gasteiger partial charge is 0.462 e. The summed E-state index contributed by atoms with van der Waals surface area (Å²) in [6, 6.07) is 7.03. The first kappa shape index (κ1) is 17.4. The lowest BCUT2D eigenvalue weighted by Crippen LogP contribution is -2.11. The smallest absolute Gasteiger partial charge is 0.341 e. The van der Waals surface area contributed by atoms with Crippen LogP contribution < -0.4 is 0 Å². The second-order valence-electron chi connectivity index (χ2n) is 5.47. The third-order valence-corrected chi connectivity index (χ3v) is 4.04. The van der Waals surface area contributed by atoms with E-state index in [-0.39, 0.29) is 6.61 Å². The summed E-state index contributed by atoms with van der Waals surface area (Å²) in [4.78, 5) is 14.9. The van der Waals surface area contributed by atoms with Crippen LogP contribution in [-0.2, 0) is 11.2 Å². The average Bonchev–Trinajstić information content (AvgIpc) is 2.98. The minimum absolute atomic E-state index is 0.0184. The Morgan fingerprint density at radius 2 is 1.92 bits per heavy atom. The number of H-pyrrole nitrogens is 1. The summed E-state index contributed by atoms with van der Waals surface area (Å²) in [5.74, 6) is -5.62. The molecule has 2 aromatic carbocycles. The molecule has 0 saturated heterocycles. The van der Waals surface area contributed by atoms with Gasteiger partial charge in [0.25, 0.3) is 0 Å². The average molecular weight is 368 g/mol.